The van der Waals surface area contributed by atoms with E-state index in [0.29, 0.717) is 16.3 Å². The van der Waals surface area contributed by atoms with Crippen LogP contribution in [-0.4, -0.2) is 338 Å². The lowest BCUT2D eigenvalue weighted by Gasteiger charge is -2.32. The van der Waals surface area contributed by atoms with Crippen molar-refractivity contribution < 1.29 is 154 Å². The highest BCUT2D eigenvalue weighted by Gasteiger charge is 2.39. The lowest BCUT2D eigenvalue weighted by molar-refractivity contribution is -0.146. The molecule has 7 amide bonds. The van der Waals surface area contributed by atoms with Gasteiger partial charge in [-0.25, -0.2) is 14.8 Å². The molecule has 0 spiro atoms. The van der Waals surface area contributed by atoms with E-state index in [9.17, 15) is 154 Å². The number of aliphatic carboxylic acids is 3. The summed E-state index contributed by atoms with van der Waals surface area (Å²) < 4.78 is 0. The van der Waals surface area contributed by atoms with Crippen molar-refractivity contribution in [3.63, 3.8) is 0 Å². The fourth-order valence-electron chi connectivity index (χ4n) is 11.1. The Bertz CT molecular complexity index is 3710. The van der Waals surface area contributed by atoms with Crippen LogP contribution in [-0.2, 0) is 64.1 Å². The van der Waals surface area contributed by atoms with E-state index >= 15 is 0 Å². The van der Waals surface area contributed by atoms with Gasteiger partial charge in [-0.2, -0.15) is 4.98 Å². The van der Waals surface area contributed by atoms with E-state index in [1.807, 2.05) is 0 Å². The first-order chi connectivity index (χ1) is 52.7. The summed E-state index contributed by atoms with van der Waals surface area (Å²) in [7, 11) is 2.11. The van der Waals surface area contributed by atoms with Crippen molar-refractivity contribution >= 4 is 99.4 Å². The molecule has 0 aliphatic heterocycles. The monoisotopic (exact) mass is 1600 g/mol. The number of rotatable bonds is 55. The minimum absolute atomic E-state index is 0.00244. The fourth-order valence-corrected chi connectivity index (χ4v) is 11.1. The van der Waals surface area contributed by atoms with Crippen LogP contribution in [0, 0.1) is 17.8 Å². The van der Waals surface area contributed by atoms with Gasteiger partial charge in [0.15, 0.2) is 22.7 Å². The van der Waals surface area contributed by atoms with Gasteiger partial charge in [0.2, 0.25) is 41.4 Å². The topological polar surface area (TPSA) is 771 Å². The number of H-pyrrole nitrogens is 1. The number of benzene rings is 1. The fraction of sp³-hybridized carbons (Fsp3) is 0.627. The van der Waals surface area contributed by atoms with Gasteiger partial charge >= 0.3 is 17.9 Å². The molecular weight excluding hydrogens is 1500 g/mol. The zero-order valence-corrected chi connectivity index (χ0v) is 61.0. The lowest BCUT2D eigenvalue weighted by Crippen LogP contribution is -2.50. The van der Waals surface area contributed by atoms with Gasteiger partial charge in [0.05, 0.1) is 68.7 Å². The number of nitrogens with one attached hydrogen (secondary N) is 8. The number of aromatic nitrogens is 4. The number of carbonyl (C=O) groups is 13. The molecule has 2 heterocycles. The maximum Gasteiger partial charge on any atom is 0.326 e. The Kier molecular flexibility index (Phi) is 41.4. The summed E-state index contributed by atoms with van der Waals surface area (Å²) >= 11 is 0. The van der Waals surface area contributed by atoms with E-state index < -0.39 is 327 Å². The molecule has 0 saturated heterocycles. The molecule has 28 N–H and O–H groups in total. The zero-order valence-electron chi connectivity index (χ0n) is 61.0. The SMILES string of the molecule is CNC(=O)[C@H](CCC(=O)NC[C@H](O)[C@@H](O)[C@H](O)[C@H](O)CO)CC(=O)[C@H](CCC(=O)O)N(C)C(=O)[C@H](CCC(=O)NC[C@H](O)[C@@H](O)[C@H](O)[C@H](O)CO)CC(=O)[C@H](CCC(=O)O)NC(=O)[C@H](CCC(=O)NC[C@H](O)[C@@H](O)[C@H](O)[C@H](O)CO)CC(=O)CC[C@H](NC(=O)c1ccc(NCc2cnc3nc(N)[nH]c(=O)c3n2)cc1)C(=O)O. The minimum Gasteiger partial charge on any atom is -0.481 e. The third-order valence-corrected chi connectivity index (χ3v) is 18.0. The van der Waals surface area contributed by atoms with E-state index in [1.54, 1.807) is 0 Å². The summed E-state index contributed by atoms with van der Waals surface area (Å²) in [5, 5.41) is 195. The maximum absolute atomic E-state index is 15.0. The molecule has 2 aromatic heterocycles. The summed E-state index contributed by atoms with van der Waals surface area (Å²) in [4.78, 5) is 203. The molecule has 0 radical (unpaired) electrons. The number of carboxylic acid groups (broad SMARTS) is 3. The second-order valence-electron chi connectivity index (χ2n) is 26.4. The van der Waals surface area contributed by atoms with Crippen LogP contribution >= 0.6 is 0 Å². The molecule has 0 saturated carbocycles. The van der Waals surface area contributed by atoms with Crippen LogP contribution in [0.5, 0.6) is 0 Å². The summed E-state index contributed by atoms with van der Waals surface area (Å²) in [6, 6.07) is -0.106. The third-order valence-electron chi connectivity index (χ3n) is 18.0. The Morgan fingerprint density at radius 2 is 0.946 bits per heavy atom. The number of nitrogen functional groups attached to an aromatic ring is 1. The van der Waals surface area contributed by atoms with Gasteiger partial charge in [0.1, 0.15) is 66.8 Å². The Morgan fingerprint density at radius 3 is 1.40 bits per heavy atom. The Balaban J connectivity index is 2.02. The molecule has 626 valence electrons. The van der Waals surface area contributed by atoms with Crippen molar-refractivity contribution in [3.05, 3.63) is 52.1 Å². The van der Waals surface area contributed by atoms with Crippen LogP contribution in [0.3, 0.4) is 0 Å². The van der Waals surface area contributed by atoms with Crippen LogP contribution in [0.15, 0.2) is 35.3 Å². The van der Waals surface area contributed by atoms with Gasteiger partial charge in [0, 0.05) is 121 Å². The molecule has 0 bridgehead atoms. The van der Waals surface area contributed by atoms with E-state index in [0.717, 1.165) is 14.1 Å². The largest absolute Gasteiger partial charge is 0.481 e. The normalized spacial score (nSPS) is 16.3. The molecule has 3 aromatic rings. The number of aliphatic hydroxyl groups excluding tert-OH is 15. The van der Waals surface area contributed by atoms with Gasteiger partial charge in [0.25, 0.3) is 11.5 Å². The Hall–Kier alpha value is -9.85. The van der Waals surface area contributed by atoms with E-state index in [2.05, 4.69) is 57.2 Å². The van der Waals surface area contributed by atoms with Crippen LogP contribution in [0.2, 0.25) is 0 Å². The van der Waals surface area contributed by atoms with Crippen molar-refractivity contribution in [1.29, 1.82) is 0 Å². The number of fused-ring (bicyclic) bond motifs is 1. The summed E-state index contributed by atoms with van der Waals surface area (Å²) in [5.41, 5.74) is 5.49. The Labute approximate surface area is 637 Å². The second-order valence-corrected chi connectivity index (χ2v) is 26.4. The first-order valence-corrected chi connectivity index (χ1v) is 35.2. The molecule has 0 fully saturated rings. The van der Waals surface area contributed by atoms with Crippen LogP contribution in [0.1, 0.15) is 112 Å². The zero-order chi connectivity index (χ0) is 84.4. The van der Waals surface area contributed by atoms with Crippen molar-refractivity contribution in [1.82, 2.24) is 56.7 Å². The second kappa shape index (κ2) is 48.2. The molecule has 112 heavy (non-hydrogen) atoms. The number of aliphatic hydroxyl groups is 15. The summed E-state index contributed by atoms with van der Waals surface area (Å²) in [6.07, 6.45) is -34.7. The molecular formula is C67H101N13O32. The van der Waals surface area contributed by atoms with Crippen molar-refractivity contribution in [2.24, 2.45) is 17.8 Å². The average molecular weight is 1600 g/mol. The molecule has 45 heteroatoms. The molecule has 45 nitrogen and oxygen atoms in total. The number of aromatic amines is 1. The number of likely N-dealkylation sites (N-methyl/N-ethyl adjacent to an activating group) is 1. The molecule has 0 aliphatic rings. The minimum atomic E-state index is -2.19. The molecule has 3 rings (SSSR count). The third kappa shape index (κ3) is 32.1. The van der Waals surface area contributed by atoms with Crippen LogP contribution in [0.25, 0.3) is 11.2 Å². The van der Waals surface area contributed by atoms with Gasteiger partial charge in [-0.05, 0) is 62.8 Å². The van der Waals surface area contributed by atoms with Gasteiger partial charge < -0.3 is 140 Å². The summed E-state index contributed by atoms with van der Waals surface area (Å²) in [5.74, 6) is -20.4. The highest BCUT2D eigenvalue weighted by atomic mass is 16.4. The summed E-state index contributed by atoms with van der Waals surface area (Å²) in [6.45, 7) is -5.58. The van der Waals surface area contributed by atoms with Gasteiger partial charge in [-0.3, -0.25) is 67.3 Å². The number of amides is 7. The van der Waals surface area contributed by atoms with Gasteiger partial charge in [-0.1, -0.05) is 0 Å². The highest BCUT2D eigenvalue weighted by molar-refractivity contribution is 5.98. The van der Waals surface area contributed by atoms with Crippen LogP contribution in [0.4, 0.5) is 11.6 Å². The molecule has 1 aromatic carbocycles. The molecule has 0 aliphatic carbocycles. The number of hydrogen-bond acceptors (Lipinski definition) is 34. The molecule has 0 unspecified atom stereocenters. The van der Waals surface area contributed by atoms with Gasteiger partial charge in [-0.15, -0.1) is 0 Å². The van der Waals surface area contributed by atoms with E-state index in [1.165, 1.54) is 30.5 Å². The number of carboxylic acids is 3. The lowest BCUT2D eigenvalue weighted by atomic mass is 9.88. The number of nitrogens with zero attached hydrogens (tertiary/aromatic N) is 4. The van der Waals surface area contributed by atoms with Crippen molar-refractivity contribution in [2.45, 2.75) is 194 Å². The molecule has 18 atom stereocenters. The predicted octanol–water partition coefficient (Wildman–Crippen LogP) is -10.6. The number of hydrogen-bond donors (Lipinski definition) is 27. The maximum atomic E-state index is 15.0. The smallest absolute Gasteiger partial charge is 0.326 e. The number of nitrogens with two attached hydrogens (primary N) is 1. The standard InChI is InChI=1S/C67H101N13O32/c1-69-61(106)32(6-15-49(94)72-25-43(88)55(101)58(104)46(91)28-82)20-41(86)39(13-18-52(98)99)80(2)65(110)33(7-16-50(95)73-26-44(89)56(102)59(105)47(92)29-83)21-40(85)37(12-17-51(96)97)76-63(108)31(5-14-48(93)71-24-42(87)54(100)57(103)45(90)27-81)19-36(84)10-11-38(66(111)112)77-62(107)30-3-8-34(9-4-30)70-22-35-23-74-60-53(75-35)64(109)79-67(68)78-60/h3-4,8-9,23,31-33,37-39,42-47,54-59,70,81-83,87-92,100-105H,5-7,10-22,24-29H2,1-2H3,(H,69,106)(H,71,93)(H,72,94)(H,73,95)(H,76,108)(H,77,107)(H,96,97)(H,98,99)(H,111,112)(H3,68,74,78,79,109)/t31-,32-,33-,37+,38+,39+,42+,43+,44+,45-,46-,47-,54-,55-,56-,57-,58-,59-/m1/s1. The predicted molar refractivity (Wildman–Crippen MR) is 380 cm³/mol. The number of Topliss-reactive ketones (excluding diaryl/α,β-unsaturated/α-hetero) is 3. The number of ketones is 3. The van der Waals surface area contributed by atoms with E-state index in [4.69, 9.17) is 10.8 Å². The van der Waals surface area contributed by atoms with Crippen molar-refractivity contribution in [3.8, 4) is 0 Å². The quantitative estimate of drug-likeness (QED) is 0.0250. The Morgan fingerprint density at radius 1 is 0.509 bits per heavy atom. The average Bonchev–Trinajstić information content (AvgIpc) is 0.811. The van der Waals surface area contributed by atoms with Crippen molar-refractivity contribution in [2.75, 3.05) is 64.6 Å². The first-order valence-electron chi connectivity index (χ1n) is 35.2. The first kappa shape index (κ1) is 96.3. The number of anilines is 2. The van der Waals surface area contributed by atoms with E-state index in [-0.39, 0.29) is 29.2 Å². The van der Waals surface area contributed by atoms with Crippen LogP contribution < -0.4 is 48.5 Å². The highest BCUT2D eigenvalue weighted by Crippen LogP contribution is 2.25. The number of carbonyl (C=O) groups excluding carboxylic acids is 10.